The topological polar surface area (TPSA) is 66.2 Å². The van der Waals surface area contributed by atoms with Crippen LogP contribution in [-0.2, 0) is 4.79 Å². The van der Waals surface area contributed by atoms with Gasteiger partial charge in [-0.15, -0.1) is 0 Å². The van der Waals surface area contributed by atoms with E-state index < -0.39 is 5.92 Å². The number of Topliss-reactive ketones (excluding diaryl/α,β-unsaturated/α-hetero) is 1. The molecule has 2 heterocycles. The van der Waals surface area contributed by atoms with Crippen LogP contribution in [0.3, 0.4) is 0 Å². The van der Waals surface area contributed by atoms with Crippen molar-refractivity contribution in [2.45, 2.75) is 46.5 Å². The van der Waals surface area contributed by atoms with Crippen LogP contribution in [0.15, 0.2) is 52.1 Å². The summed E-state index contributed by atoms with van der Waals surface area (Å²) in [6, 6.07) is 11.9. The smallest absolute Gasteiger partial charge is 0.163 e. The summed E-state index contributed by atoms with van der Waals surface area (Å²) in [5.74, 6) is 1.23. The molecule has 140 valence electrons. The van der Waals surface area contributed by atoms with E-state index in [0.717, 1.165) is 27.9 Å². The van der Waals surface area contributed by atoms with Crippen molar-refractivity contribution in [2.24, 2.45) is 5.41 Å². The zero-order valence-corrected chi connectivity index (χ0v) is 16.2. The molecule has 3 aromatic rings. The summed E-state index contributed by atoms with van der Waals surface area (Å²) in [5, 5.41) is 11.9. The molecule has 0 aliphatic heterocycles. The zero-order valence-electron chi connectivity index (χ0n) is 16.2. The van der Waals surface area contributed by atoms with Gasteiger partial charge in [0, 0.05) is 35.0 Å². The normalized spacial score (nSPS) is 18.3. The number of furan rings is 1. The number of benzene rings is 1. The number of hydrogen-bond donors (Lipinski definition) is 2. The van der Waals surface area contributed by atoms with Gasteiger partial charge >= 0.3 is 0 Å². The summed E-state index contributed by atoms with van der Waals surface area (Å²) in [6.45, 7) is 7.93. The number of allylic oxidation sites excluding steroid dienone is 2. The molecule has 1 unspecified atom stereocenters. The highest BCUT2D eigenvalue weighted by atomic mass is 16.3. The molecule has 4 heteroatoms. The van der Waals surface area contributed by atoms with Gasteiger partial charge in [0.15, 0.2) is 5.78 Å². The predicted molar refractivity (Wildman–Crippen MR) is 106 cm³/mol. The van der Waals surface area contributed by atoms with Crippen molar-refractivity contribution in [3.8, 4) is 0 Å². The quantitative estimate of drug-likeness (QED) is 0.626. The summed E-state index contributed by atoms with van der Waals surface area (Å²) in [5.41, 5.74) is 3.23. The molecular weight excluding hydrogens is 338 g/mol. The minimum atomic E-state index is -0.418. The van der Waals surface area contributed by atoms with Gasteiger partial charge in [0.1, 0.15) is 17.3 Å². The number of hydrogen-bond acceptors (Lipinski definition) is 3. The first-order valence-electron chi connectivity index (χ1n) is 9.35. The number of aliphatic hydroxyl groups excluding tert-OH is 1. The Balaban J connectivity index is 1.99. The molecule has 1 aromatic carbocycles. The van der Waals surface area contributed by atoms with E-state index in [1.54, 1.807) is 0 Å². The van der Waals surface area contributed by atoms with Crippen molar-refractivity contribution in [1.29, 1.82) is 0 Å². The fourth-order valence-electron chi connectivity index (χ4n) is 4.34. The minimum Gasteiger partial charge on any atom is -0.512 e. The molecule has 2 aromatic heterocycles. The number of aliphatic hydroxyl groups is 1. The number of carbonyl (C=O) groups is 1. The lowest BCUT2D eigenvalue weighted by Crippen LogP contribution is -2.29. The van der Waals surface area contributed by atoms with E-state index in [-0.39, 0.29) is 17.0 Å². The van der Waals surface area contributed by atoms with Gasteiger partial charge < -0.3 is 14.5 Å². The number of ketones is 1. The Morgan fingerprint density at radius 2 is 1.85 bits per heavy atom. The van der Waals surface area contributed by atoms with Crippen molar-refractivity contribution >= 4 is 16.7 Å². The maximum Gasteiger partial charge on any atom is 0.163 e. The minimum absolute atomic E-state index is 0.00696. The maximum atomic E-state index is 13.1. The standard InChI is InChI=1S/C23H25NO3/c1-13-9-10-19(27-13)22(21-17(25)11-23(3,4)12-18(21)26)20-14(2)24-16-8-6-5-7-15(16)20/h5-10,22,24-25H,11-12H2,1-4H3. The van der Waals surface area contributed by atoms with Gasteiger partial charge in [-0.3, -0.25) is 4.79 Å². The molecule has 2 N–H and O–H groups in total. The fourth-order valence-corrected chi connectivity index (χ4v) is 4.34. The third-order valence-corrected chi connectivity index (χ3v) is 5.46. The molecule has 1 atom stereocenters. The number of H-pyrrole nitrogens is 1. The van der Waals surface area contributed by atoms with E-state index in [1.807, 2.05) is 64.1 Å². The number of para-hydroxylation sites is 1. The second-order valence-corrected chi connectivity index (χ2v) is 8.39. The molecule has 0 amide bonds. The highest BCUT2D eigenvalue weighted by Crippen LogP contribution is 2.46. The lowest BCUT2D eigenvalue weighted by Gasteiger charge is -2.32. The van der Waals surface area contributed by atoms with Gasteiger partial charge in [0.25, 0.3) is 0 Å². The van der Waals surface area contributed by atoms with Crippen molar-refractivity contribution in [1.82, 2.24) is 4.98 Å². The van der Waals surface area contributed by atoms with E-state index in [0.29, 0.717) is 24.2 Å². The molecule has 0 radical (unpaired) electrons. The van der Waals surface area contributed by atoms with Crippen LogP contribution in [0.2, 0.25) is 0 Å². The third kappa shape index (κ3) is 2.99. The van der Waals surface area contributed by atoms with Crippen LogP contribution in [0, 0.1) is 19.3 Å². The first kappa shape index (κ1) is 17.7. The first-order chi connectivity index (χ1) is 12.8. The van der Waals surface area contributed by atoms with Gasteiger partial charge in [-0.1, -0.05) is 32.0 Å². The molecule has 1 aliphatic rings. The molecule has 0 bridgehead atoms. The van der Waals surface area contributed by atoms with Crippen LogP contribution in [0.25, 0.3) is 10.9 Å². The van der Waals surface area contributed by atoms with Gasteiger partial charge in [0.2, 0.25) is 0 Å². The summed E-state index contributed by atoms with van der Waals surface area (Å²) < 4.78 is 5.96. The van der Waals surface area contributed by atoms with Crippen LogP contribution in [0.5, 0.6) is 0 Å². The van der Waals surface area contributed by atoms with Crippen molar-refractivity contribution < 1.29 is 14.3 Å². The Morgan fingerprint density at radius 1 is 1.11 bits per heavy atom. The number of fused-ring (bicyclic) bond motifs is 1. The summed E-state index contributed by atoms with van der Waals surface area (Å²) >= 11 is 0. The summed E-state index contributed by atoms with van der Waals surface area (Å²) in [7, 11) is 0. The van der Waals surface area contributed by atoms with Crippen LogP contribution < -0.4 is 0 Å². The monoisotopic (exact) mass is 363 g/mol. The Morgan fingerprint density at radius 3 is 2.52 bits per heavy atom. The number of aromatic nitrogens is 1. The van der Waals surface area contributed by atoms with Crippen LogP contribution in [0.4, 0.5) is 0 Å². The average Bonchev–Trinajstić information content (AvgIpc) is 3.13. The molecule has 4 nitrogen and oxygen atoms in total. The Labute approximate surface area is 158 Å². The van der Waals surface area contributed by atoms with E-state index in [9.17, 15) is 9.90 Å². The molecular formula is C23H25NO3. The lowest BCUT2D eigenvalue weighted by atomic mass is 9.72. The number of rotatable bonds is 3. The SMILES string of the molecule is Cc1ccc(C(C2=C(O)CC(C)(C)CC2=O)c2c(C)[nH]c3ccccc23)o1. The van der Waals surface area contributed by atoms with Crippen molar-refractivity contribution in [2.75, 3.05) is 0 Å². The van der Waals surface area contributed by atoms with Crippen molar-refractivity contribution in [3.05, 3.63) is 70.5 Å². The molecule has 1 aliphatic carbocycles. The molecule has 0 saturated heterocycles. The van der Waals surface area contributed by atoms with E-state index >= 15 is 0 Å². The van der Waals surface area contributed by atoms with E-state index in [4.69, 9.17) is 4.42 Å². The predicted octanol–water partition coefficient (Wildman–Crippen LogP) is 5.71. The van der Waals surface area contributed by atoms with Crippen LogP contribution in [-0.4, -0.2) is 15.9 Å². The Bertz CT molecular complexity index is 1060. The van der Waals surface area contributed by atoms with Crippen molar-refractivity contribution in [3.63, 3.8) is 0 Å². The number of carbonyl (C=O) groups excluding carboxylic acids is 1. The van der Waals surface area contributed by atoms with Crippen LogP contribution >= 0.6 is 0 Å². The maximum absolute atomic E-state index is 13.1. The largest absolute Gasteiger partial charge is 0.512 e. The Kier molecular flexibility index (Phi) is 4.02. The number of aromatic amines is 1. The second-order valence-electron chi connectivity index (χ2n) is 8.39. The average molecular weight is 363 g/mol. The fraction of sp³-hybridized carbons (Fsp3) is 0.348. The first-order valence-corrected chi connectivity index (χ1v) is 9.35. The Hall–Kier alpha value is -2.75. The molecule has 27 heavy (non-hydrogen) atoms. The molecule has 4 rings (SSSR count). The van der Waals surface area contributed by atoms with Gasteiger partial charge in [-0.05, 0) is 43.0 Å². The highest BCUT2D eigenvalue weighted by molar-refractivity contribution is 6.00. The zero-order chi connectivity index (χ0) is 19.3. The summed E-state index contributed by atoms with van der Waals surface area (Å²) in [6.07, 6.45) is 0.912. The number of nitrogens with one attached hydrogen (secondary N) is 1. The van der Waals surface area contributed by atoms with E-state index in [2.05, 4.69) is 4.98 Å². The lowest BCUT2D eigenvalue weighted by molar-refractivity contribution is -0.118. The van der Waals surface area contributed by atoms with Gasteiger partial charge in [-0.2, -0.15) is 0 Å². The van der Waals surface area contributed by atoms with Gasteiger partial charge in [-0.25, -0.2) is 0 Å². The van der Waals surface area contributed by atoms with Gasteiger partial charge in [0.05, 0.1) is 5.92 Å². The third-order valence-electron chi connectivity index (χ3n) is 5.46. The second kappa shape index (κ2) is 6.15. The van der Waals surface area contributed by atoms with Crippen LogP contribution in [0.1, 0.15) is 55.4 Å². The van der Waals surface area contributed by atoms with E-state index in [1.165, 1.54) is 0 Å². The summed E-state index contributed by atoms with van der Waals surface area (Å²) in [4.78, 5) is 16.5. The number of aryl methyl sites for hydroxylation is 2. The molecule has 0 saturated carbocycles. The molecule has 0 fully saturated rings. The highest BCUT2D eigenvalue weighted by Gasteiger charge is 2.39. The molecule has 0 spiro atoms.